The summed E-state index contributed by atoms with van der Waals surface area (Å²) in [6.45, 7) is 3.14. The van der Waals surface area contributed by atoms with E-state index in [1.807, 2.05) is 13.2 Å². The zero-order valence-electron chi connectivity index (χ0n) is 10.5. The average molecular weight is 229 g/mol. The van der Waals surface area contributed by atoms with Gasteiger partial charge in [-0.1, -0.05) is 29.8 Å². The first-order valence-electron chi connectivity index (χ1n) is 6.05. The van der Waals surface area contributed by atoms with Gasteiger partial charge in [0.2, 0.25) is 0 Å². The predicted octanol–water partition coefficient (Wildman–Crippen LogP) is 2.54. The molecule has 1 aromatic carbocycles. The molecule has 2 rings (SSSR count). The van der Waals surface area contributed by atoms with Gasteiger partial charge < -0.3 is 5.32 Å². The molecule has 0 fully saturated rings. The predicted molar refractivity (Wildman–Crippen MR) is 71.0 cm³/mol. The summed E-state index contributed by atoms with van der Waals surface area (Å²) >= 11 is 0. The fourth-order valence-corrected chi connectivity index (χ4v) is 1.93. The summed E-state index contributed by atoms with van der Waals surface area (Å²) in [7, 11) is 1.98. The molecular weight excluding hydrogens is 210 g/mol. The molecule has 1 heterocycles. The molecule has 0 saturated carbocycles. The van der Waals surface area contributed by atoms with Crippen LogP contribution in [-0.4, -0.2) is 23.8 Å². The maximum absolute atomic E-state index is 4.15. The molecule has 0 radical (unpaired) electrons. The summed E-state index contributed by atoms with van der Waals surface area (Å²) in [6, 6.07) is 8.59. The monoisotopic (exact) mass is 229 g/mol. The van der Waals surface area contributed by atoms with Crippen LogP contribution in [0.5, 0.6) is 0 Å². The number of rotatable bonds is 5. The summed E-state index contributed by atoms with van der Waals surface area (Å²) < 4.78 is 0. The number of hydrogen-bond donors (Lipinski definition) is 2. The zero-order chi connectivity index (χ0) is 12.1. The van der Waals surface area contributed by atoms with Crippen molar-refractivity contribution in [1.29, 1.82) is 0 Å². The Morgan fingerprint density at radius 3 is 2.71 bits per heavy atom. The molecule has 1 aromatic heterocycles. The number of H-pyrrole nitrogens is 1. The van der Waals surface area contributed by atoms with Crippen molar-refractivity contribution in [3.05, 3.63) is 41.7 Å². The van der Waals surface area contributed by atoms with Gasteiger partial charge in [-0.3, -0.25) is 5.10 Å². The van der Waals surface area contributed by atoms with Crippen LogP contribution in [0.2, 0.25) is 0 Å². The average Bonchev–Trinajstić information content (AvgIpc) is 2.79. The molecule has 2 N–H and O–H groups in total. The van der Waals surface area contributed by atoms with E-state index in [1.165, 1.54) is 22.4 Å². The maximum atomic E-state index is 4.15. The third-order valence-corrected chi connectivity index (χ3v) is 2.93. The van der Waals surface area contributed by atoms with Gasteiger partial charge in [-0.05, 0) is 38.9 Å². The summed E-state index contributed by atoms with van der Waals surface area (Å²) in [5.74, 6) is 0. The van der Waals surface area contributed by atoms with Crippen LogP contribution in [0.4, 0.5) is 0 Å². The Bertz CT molecular complexity index is 457. The van der Waals surface area contributed by atoms with Gasteiger partial charge in [0.25, 0.3) is 0 Å². The Balaban J connectivity index is 2.15. The van der Waals surface area contributed by atoms with Gasteiger partial charge in [-0.15, -0.1) is 0 Å². The first kappa shape index (κ1) is 11.9. The third-order valence-electron chi connectivity index (χ3n) is 2.93. The van der Waals surface area contributed by atoms with Crippen molar-refractivity contribution in [2.75, 3.05) is 13.6 Å². The standard InChI is InChI=1S/C14H19N3/c1-11-5-7-12(8-6-11)13-10-16-17-14(13)4-3-9-15-2/h5-8,10,15H,3-4,9H2,1-2H3,(H,16,17). The summed E-state index contributed by atoms with van der Waals surface area (Å²) in [5.41, 5.74) is 4.97. The lowest BCUT2D eigenvalue weighted by molar-refractivity contribution is 0.714. The Morgan fingerprint density at radius 2 is 2.00 bits per heavy atom. The summed E-state index contributed by atoms with van der Waals surface area (Å²) in [6.07, 6.45) is 4.07. The second-order valence-electron chi connectivity index (χ2n) is 4.34. The highest BCUT2D eigenvalue weighted by atomic mass is 15.1. The second-order valence-corrected chi connectivity index (χ2v) is 4.34. The van der Waals surface area contributed by atoms with E-state index < -0.39 is 0 Å². The molecule has 90 valence electrons. The number of nitrogens with zero attached hydrogens (tertiary/aromatic N) is 1. The molecule has 0 aliphatic carbocycles. The molecule has 17 heavy (non-hydrogen) atoms. The lowest BCUT2D eigenvalue weighted by Crippen LogP contribution is -2.08. The minimum atomic E-state index is 1.03. The zero-order valence-corrected chi connectivity index (χ0v) is 10.5. The Labute approximate surface area is 102 Å². The second kappa shape index (κ2) is 5.64. The molecule has 0 amide bonds. The van der Waals surface area contributed by atoms with Gasteiger partial charge in [-0.25, -0.2) is 0 Å². The fourth-order valence-electron chi connectivity index (χ4n) is 1.93. The summed E-state index contributed by atoms with van der Waals surface area (Å²) in [4.78, 5) is 0. The van der Waals surface area contributed by atoms with Crippen molar-refractivity contribution >= 4 is 0 Å². The highest BCUT2D eigenvalue weighted by Gasteiger charge is 2.06. The van der Waals surface area contributed by atoms with E-state index in [4.69, 9.17) is 0 Å². The van der Waals surface area contributed by atoms with Crippen molar-refractivity contribution in [3.63, 3.8) is 0 Å². The van der Waals surface area contributed by atoms with Crippen molar-refractivity contribution in [1.82, 2.24) is 15.5 Å². The Kier molecular flexibility index (Phi) is 3.94. The van der Waals surface area contributed by atoms with Crippen LogP contribution in [-0.2, 0) is 6.42 Å². The van der Waals surface area contributed by atoms with E-state index in [0.29, 0.717) is 0 Å². The van der Waals surface area contributed by atoms with Crippen LogP contribution in [0, 0.1) is 6.92 Å². The minimum absolute atomic E-state index is 1.03. The van der Waals surface area contributed by atoms with Gasteiger partial charge >= 0.3 is 0 Å². The van der Waals surface area contributed by atoms with Crippen LogP contribution < -0.4 is 5.32 Å². The normalized spacial score (nSPS) is 10.7. The van der Waals surface area contributed by atoms with E-state index in [1.54, 1.807) is 0 Å². The van der Waals surface area contributed by atoms with Gasteiger partial charge in [0.1, 0.15) is 0 Å². The third kappa shape index (κ3) is 2.94. The highest BCUT2D eigenvalue weighted by molar-refractivity contribution is 5.65. The maximum Gasteiger partial charge on any atom is 0.0568 e. The Morgan fingerprint density at radius 1 is 1.24 bits per heavy atom. The molecule has 0 unspecified atom stereocenters. The molecule has 3 heteroatoms. The molecule has 3 nitrogen and oxygen atoms in total. The van der Waals surface area contributed by atoms with Crippen LogP contribution in [0.15, 0.2) is 30.5 Å². The van der Waals surface area contributed by atoms with Gasteiger partial charge in [0.05, 0.1) is 6.20 Å². The summed E-state index contributed by atoms with van der Waals surface area (Å²) in [5, 5.41) is 10.4. The number of aryl methyl sites for hydroxylation is 2. The molecule has 0 bridgehead atoms. The van der Waals surface area contributed by atoms with Gasteiger partial charge in [-0.2, -0.15) is 5.10 Å². The van der Waals surface area contributed by atoms with Crippen LogP contribution in [0.1, 0.15) is 17.7 Å². The molecule has 2 aromatic rings. The molecule has 0 saturated heterocycles. The van der Waals surface area contributed by atoms with Gasteiger partial charge in [0, 0.05) is 11.3 Å². The quantitative estimate of drug-likeness (QED) is 0.773. The molecule has 0 aliphatic rings. The van der Waals surface area contributed by atoms with E-state index in [0.717, 1.165) is 19.4 Å². The van der Waals surface area contributed by atoms with E-state index in [9.17, 15) is 0 Å². The lowest BCUT2D eigenvalue weighted by atomic mass is 10.0. The number of aromatic amines is 1. The Hall–Kier alpha value is -1.61. The lowest BCUT2D eigenvalue weighted by Gasteiger charge is -2.04. The highest BCUT2D eigenvalue weighted by Crippen LogP contribution is 2.23. The van der Waals surface area contributed by atoms with Crippen molar-refractivity contribution < 1.29 is 0 Å². The number of nitrogens with one attached hydrogen (secondary N) is 2. The van der Waals surface area contributed by atoms with Crippen molar-refractivity contribution in [2.24, 2.45) is 0 Å². The van der Waals surface area contributed by atoms with E-state index in [2.05, 4.69) is 46.7 Å². The van der Waals surface area contributed by atoms with Crippen molar-refractivity contribution in [3.8, 4) is 11.1 Å². The molecule has 0 spiro atoms. The van der Waals surface area contributed by atoms with Crippen LogP contribution in [0.25, 0.3) is 11.1 Å². The van der Waals surface area contributed by atoms with E-state index >= 15 is 0 Å². The number of benzene rings is 1. The SMILES string of the molecule is CNCCCc1[nH]ncc1-c1ccc(C)cc1. The number of hydrogen-bond acceptors (Lipinski definition) is 2. The van der Waals surface area contributed by atoms with Crippen LogP contribution in [0.3, 0.4) is 0 Å². The molecular formula is C14H19N3. The first-order chi connectivity index (χ1) is 8.31. The van der Waals surface area contributed by atoms with Crippen molar-refractivity contribution in [2.45, 2.75) is 19.8 Å². The topological polar surface area (TPSA) is 40.7 Å². The van der Waals surface area contributed by atoms with Gasteiger partial charge in [0.15, 0.2) is 0 Å². The van der Waals surface area contributed by atoms with Crippen LogP contribution >= 0.6 is 0 Å². The largest absolute Gasteiger partial charge is 0.320 e. The first-order valence-corrected chi connectivity index (χ1v) is 6.05. The number of aromatic nitrogens is 2. The minimum Gasteiger partial charge on any atom is -0.320 e. The molecule has 0 aliphatic heterocycles. The smallest absolute Gasteiger partial charge is 0.0568 e. The van der Waals surface area contributed by atoms with E-state index in [-0.39, 0.29) is 0 Å². The molecule has 0 atom stereocenters. The fraction of sp³-hybridized carbons (Fsp3) is 0.357.